The molecule has 0 aromatic heterocycles. The minimum atomic E-state index is -3.14. The summed E-state index contributed by atoms with van der Waals surface area (Å²) in [5.41, 5.74) is 4.01. The summed E-state index contributed by atoms with van der Waals surface area (Å²) in [4.78, 5) is 0. The van der Waals surface area contributed by atoms with E-state index in [-0.39, 0.29) is 5.75 Å². The maximum Gasteiger partial charge on any atom is 0.150 e. The number of nitrogens with zero attached hydrogens (tertiary/aromatic N) is 1. The van der Waals surface area contributed by atoms with Crippen molar-refractivity contribution >= 4 is 9.84 Å². The summed E-state index contributed by atoms with van der Waals surface area (Å²) in [6.45, 7) is 1.38. The van der Waals surface area contributed by atoms with Crippen LogP contribution in [0.4, 0.5) is 0 Å². The molecule has 0 fully saturated rings. The van der Waals surface area contributed by atoms with Gasteiger partial charge in [-0.2, -0.15) is 5.26 Å². The van der Waals surface area contributed by atoms with Crippen LogP contribution in [0.3, 0.4) is 0 Å². The van der Waals surface area contributed by atoms with Gasteiger partial charge < -0.3 is 5.73 Å². The van der Waals surface area contributed by atoms with Crippen LogP contribution in [0.25, 0.3) is 0 Å². The summed E-state index contributed by atoms with van der Waals surface area (Å²) < 4.78 is 21.1. The average molecular weight is 162 g/mol. The highest BCUT2D eigenvalue weighted by Gasteiger charge is 2.22. The maximum atomic E-state index is 10.6. The van der Waals surface area contributed by atoms with Crippen LogP contribution in [0.2, 0.25) is 0 Å². The molecular weight excluding hydrogens is 152 g/mol. The third kappa shape index (κ3) is 4.30. The van der Waals surface area contributed by atoms with Crippen LogP contribution in [0.15, 0.2) is 0 Å². The highest BCUT2D eigenvalue weighted by Crippen LogP contribution is 2.00. The largest absolute Gasteiger partial charge is 0.313 e. The highest BCUT2D eigenvalue weighted by atomic mass is 32.2. The molecule has 4 nitrogen and oxygen atoms in total. The van der Waals surface area contributed by atoms with Gasteiger partial charge in [0.2, 0.25) is 0 Å². The standard InChI is InChI=1S/C5H10N2O2S/c1-5(7,3-6)4-10(2,8)9/h4,7H2,1-2H3/t5-/m1/s1. The van der Waals surface area contributed by atoms with Crippen LogP contribution in [-0.4, -0.2) is 26.0 Å². The first-order valence-corrected chi connectivity index (χ1v) is 4.71. The van der Waals surface area contributed by atoms with Crippen LogP contribution in [-0.2, 0) is 9.84 Å². The predicted octanol–water partition coefficient (Wildman–Crippen LogP) is -0.728. The first-order valence-electron chi connectivity index (χ1n) is 2.65. The Hall–Kier alpha value is -0.600. The Morgan fingerprint density at radius 3 is 2.20 bits per heavy atom. The quantitative estimate of drug-likeness (QED) is 0.580. The fraction of sp³-hybridized carbons (Fsp3) is 0.800. The van der Waals surface area contributed by atoms with Gasteiger partial charge in [0.25, 0.3) is 0 Å². The molecule has 0 heterocycles. The van der Waals surface area contributed by atoms with Crippen LogP contribution >= 0.6 is 0 Å². The molecule has 5 heteroatoms. The van der Waals surface area contributed by atoms with Gasteiger partial charge in [-0.25, -0.2) is 8.42 Å². The van der Waals surface area contributed by atoms with Crippen molar-refractivity contribution in [2.24, 2.45) is 5.73 Å². The molecule has 0 amide bonds. The second-order valence-corrected chi connectivity index (χ2v) is 4.74. The third-order valence-corrected chi connectivity index (χ3v) is 1.94. The van der Waals surface area contributed by atoms with Crippen molar-refractivity contribution in [3.63, 3.8) is 0 Å². The van der Waals surface area contributed by atoms with Gasteiger partial charge >= 0.3 is 0 Å². The van der Waals surface area contributed by atoms with Crippen LogP contribution in [0.1, 0.15) is 6.92 Å². The molecule has 0 rings (SSSR count). The first kappa shape index (κ1) is 9.40. The summed E-state index contributed by atoms with van der Waals surface area (Å²) in [6.07, 6.45) is 1.05. The third-order valence-electron chi connectivity index (χ3n) is 0.817. The van der Waals surface area contributed by atoms with E-state index < -0.39 is 15.4 Å². The molecule has 0 aromatic carbocycles. The van der Waals surface area contributed by atoms with Crippen molar-refractivity contribution in [1.82, 2.24) is 0 Å². The van der Waals surface area contributed by atoms with Crippen LogP contribution in [0, 0.1) is 11.3 Å². The van der Waals surface area contributed by atoms with Crippen molar-refractivity contribution in [3.8, 4) is 6.07 Å². The molecule has 2 N–H and O–H groups in total. The lowest BCUT2D eigenvalue weighted by Crippen LogP contribution is -2.41. The fourth-order valence-electron chi connectivity index (χ4n) is 0.577. The summed E-state index contributed by atoms with van der Waals surface area (Å²) in [6, 6.07) is 1.70. The number of nitriles is 1. The molecule has 0 saturated carbocycles. The van der Waals surface area contributed by atoms with Crippen LogP contribution < -0.4 is 5.73 Å². The molecule has 0 aliphatic heterocycles. The zero-order valence-corrected chi connectivity index (χ0v) is 6.77. The van der Waals surface area contributed by atoms with Crippen LogP contribution in [0.5, 0.6) is 0 Å². The summed E-state index contributed by atoms with van der Waals surface area (Å²) >= 11 is 0. The lowest BCUT2D eigenvalue weighted by Gasteiger charge is -2.12. The summed E-state index contributed by atoms with van der Waals surface area (Å²) in [5, 5.41) is 8.32. The summed E-state index contributed by atoms with van der Waals surface area (Å²) in [7, 11) is -3.14. The van der Waals surface area contributed by atoms with Gasteiger partial charge in [-0.3, -0.25) is 0 Å². The van der Waals surface area contributed by atoms with Crippen molar-refractivity contribution in [1.29, 1.82) is 5.26 Å². The van der Waals surface area contributed by atoms with Crippen molar-refractivity contribution in [3.05, 3.63) is 0 Å². The SMILES string of the molecule is C[C@@](N)(C#N)CS(C)(=O)=O. The summed E-state index contributed by atoms with van der Waals surface area (Å²) in [5.74, 6) is -0.295. The molecular formula is C5H10N2O2S. The predicted molar refractivity (Wildman–Crippen MR) is 37.9 cm³/mol. The van der Waals surface area contributed by atoms with Crippen molar-refractivity contribution in [2.45, 2.75) is 12.5 Å². The molecule has 1 atom stereocenters. The molecule has 0 aromatic rings. The van der Waals surface area contributed by atoms with Gasteiger partial charge in [0, 0.05) is 6.26 Å². The van der Waals surface area contributed by atoms with E-state index in [9.17, 15) is 8.42 Å². The second-order valence-electron chi connectivity index (χ2n) is 2.60. The zero-order valence-electron chi connectivity index (χ0n) is 5.96. The lowest BCUT2D eigenvalue weighted by molar-refractivity contribution is 0.580. The van der Waals surface area contributed by atoms with Gasteiger partial charge in [-0.05, 0) is 6.92 Å². The highest BCUT2D eigenvalue weighted by molar-refractivity contribution is 7.90. The number of hydrogen-bond acceptors (Lipinski definition) is 4. The first-order chi connectivity index (χ1) is 4.27. The Morgan fingerprint density at radius 2 is 2.10 bits per heavy atom. The Bertz CT molecular complexity index is 247. The molecule has 58 valence electrons. The van der Waals surface area contributed by atoms with E-state index in [2.05, 4.69) is 0 Å². The number of hydrogen-bond donors (Lipinski definition) is 1. The lowest BCUT2D eigenvalue weighted by atomic mass is 10.1. The van der Waals surface area contributed by atoms with Crippen molar-refractivity contribution in [2.75, 3.05) is 12.0 Å². The number of rotatable bonds is 2. The van der Waals surface area contributed by atoms with E-state index in [0.29, 0.717) is 0 Å². The van der Waals surface area contributed by atoms with Gasteiger partial charge in [-0.15, -0.1) is 0 Å². The molecule has 0 saturated heterocycles. The molecule has 0 spiro atoms. The van der Waals surface area contributed by atoms with Crippen molar-refractivity contribution < 1.29 is 8.42 Å². The molecule has 0 unspecified atom stereocenters. The molecule has 0 aliphatic rings. The Morgan fingerprint density at radius 1 is 1.70 bits per heavy atom. The second kappa shape index (κ2) is 2.56. The molecule has 10 heavy (non-hydrogen) atoms. The topological polar surface area (TPSA) is 83.9 Å². The van der Waals surface area contributed by atoms with E-state index in [1.54, 1.807) is 6.07 Å². The number of nitrogens with two attached hydrogens (primary N) is 1. The smallest absolute Gasteiger partial charge is 0.150 e. The Labute approximate surface area is 60.6 Å². The molecule has 0 radical (unpaired) electrons. The minimum absolute atomic E-state index is 0.295. The fourth-order valence-corrected chi connectivity index (χ4v) is 1.73. The Kier molecular flexibility index (Phi) is 2.41. The van der Waals surface area contributed by atoms with E-state index >= 15 is 0 Å². The van der Waals surface area contributed by atoms with Gasteiger partial charge in [-0.1, -0.05) is 0 Å². The minimum Gasteiger partial charge on any atom is -0.313 e. The maximum absolute atomic E-state index is 10.6. The van der Waals surface area contributed by atoms with Gasteiger partial charge in [0.1, 0.15) is 15.4 Å². The molecule has 0 aliphatic carbocycles. The van der Waals surface area contributed by atoms with E-state index in [0.717, 1.165) is 6.26 Å². The van der Waals surface area contributed by atoms with Gasteiger partial charge in [0.05, 0.1) is 11.8 Å². The molecule has 0 bridgehead atoms. The van der Waals surface area contributed by atoms with E-state index in [1.807, 2.05) is 0 Å². The number of sulfone groups is 1. The Balaban J connectivity index is 4.35. The average Bonchev–Trinajstić information content (AvgIpc) is 1.60. The van der Waals surface area contributed by atoms with Gasteiger partial charge in [0.15, 0.2) is 0 Å². The monoisotopic (exact) mass is 162 g/mol. The van der Waals surface area contributed by atoms with E-state index in [4.69, 9.17) is 11.0 Å². The van der Waals surface area contributed by atoms with E-state index in [1.165, 1.54) is 6.92 Å². The normalized spacial score (nSPS) is 17.4. The zero-order chi connectivity index (χ0) is 8.41.